The number of carbonyl (C=O) groups is 3. The second-order valence-electron chi connectivity index (χ2n) is 15.2. The molecular formula is C49H40FN9O9. The number of alkyl halides is 1. The molecule has 19 heteroatoms. The van der Waals surface area contributed by atoms with Crippen LogP contribution in [0.1, 0.15) is 31.1 Å². The van der Waals surface area contributed by atoms with E-state index < -0.39 is 27.4 Å². The number of primary amides is 1. The number of rotatable bonds is 11. The third kappa shape index (κ3) is 10.5. The van der Waals surface area contributed by atoms with Gasteiger partial charge in [-0.1, -0.05) is 36.4 Å². The Kier molecular flexibility index (Phi) is 13.7. The van der Waals surface area contributed by atoms with Crippen LogP contribution < -0.4 is 11.1 Å². The smallest absolute Gasteiger partial charge is 0.270 e. The zero-order valence-corrected chi connectivity index (χ0v) is 36.3. The van der Waals surface area contributed by atoms with Gasteiger partial charge < -0.3 is 29.2 Å². The first-order chi connectivity index (χ1) is 32.6. The highest BCUT2D eigenvalue weighted by Gasteiger charge is 2.15. The molecule has 0 aliphatic heterocycles. The number of nitrogens with two attached hydrogens (primary N) is 1. The highest BCUT2D eigenvalue weighted by molar-refractivity contribution is 5.95. The van der Waals surface area contributed by atoms with Gasteiger partial charge in [0, 0.05) is 127 Å². The van der Waals surface area contributed by atoms with Gasteiger partial charge in [-0.15, -0.1) is 0 Å². The molecule has 0 aliphatic carbocycles. The molecule has 0 bridgehead atoms. The van der Waals surface area contributed by atoms with E-state index in [0.717, 1.165) is 49.9 Å². The van der Waals surface area contributed by atoms with E-state index >= 15 is 0 Å². The van der Waals surface area contributed by atoms with Gasteiger partial charge >= 0.3 is 0 Å². The van der Waals surface area contributed by atoms with Gasteiger partial charge in [0.25, 0.3) is 28.9 Å². The van der Waals surface area contributed by atoms with Crippen LogP contribution in [0.5, 0.6) is 0 Å². The zero-order valence-electron chi connectivity index (χ0n) is 36.3. The molecule has 3 N–H and O–H groups in total. The molecule has 0 spiro atoms. The van der Waals surface area contributed by atoms with Crippen molar-refractivity contribution >= 4 is 51.3 Å². The van der Waals surface area contributed by atoms with Crippen LogP contribution in [0.3, 0.4) is 0 Å². The van der Waals surface area contributed by atoms with Crippen LogP contribution in [0.15, 0.2) is 165 Å². The Labute approximate surface area is 385 Å². The minimum Gasteiger partial charge on any atom is -0.366 e. The Hall–Kier alpha value is -9.52. The van der Waals surface area contributed by atoms with E-state index in [2.05, 4.69) is 5.32 Å². The minimum atomic E-state index is -0.592. The molecule has 0 unspecified atom stereocenters. The van der Waals surface area contributed by atoms with Gasteiger partial charge in [-0.05, 0) is 71.3 Å². The molecule has 0 fully saturated rings. The summed E-state index contributed by atoms with van der Waals surface area (Å²) in [5.74, 6) is -0.917. The van der Waals surface area contributed by atoms with Gasteiger partial charge in [-0.2, -0.15) is 0 Å². The van der Waals surface area contributed by atoms with Crippen molar-refractivity contribution in [1.82, 2.24) is 23.4 Å². The first-order valence-corrected chi connectivity index (χ1v) is 20.6. The summed E-state index contributed by atoms with van der Waals surface area (Å²) >= 11 is 0. The van der Waals surface area contributed by atoms with Crippen LogP contribution in [0.2, 0.25) is 0 Å². The summed E-state index contributed by atoms with van der Waals surface area (Å²) in [5, 5.41) is 35.2. The standard InChI is InChI=1S/C18H16FN3O3.C16H13N3O3.C15H11N3O3/c1-20(8-7-19)18(23)14-5-6-16-10-15(12-21(16)11-14)13-3-2-4-17(9-13)22(24)25;1-17-16(20)12-5-6-14-8-13(10-18(14)9-12)11-3-2-4-15(7-11)19(21)22;16-15(19)11-4-5-13-7-12(9-17(13)8-11)10-2-1-3-14(6-10)18(20)21/h2-6,9-12H,7-8H2,1H3;2-10H,1H3,(H,17,20);1-9H,(H2,16,19). The largest absolute Gasteiger partial charge is 0.366 e. The van der Waals surface area contributed by atoms with Crippen molar-refractivity contribution in [2.24, 2.45) is 5.73 Å². The molecule has 18 nitrogen and oxygen atoms in total. The number of nitrogens with zero attached hydrogens (tertiary/aromatic N) is 7. The Morgan fingerprint density at radius 3 is 1.28 bits per heavy atom. The minimum absolute atomic E-state index is 0.0245. The van der Waals surface area contributed by atoms with Gasteiger partial charge in [-0.3, -0.25) is 44.7 Å². The average Bonchev–Trinajstić information content (AvgIpc) is 4.11. The number of fused-ring (bicyclic) bond motifs is 3. The number of aromatic nitrogens is 3. The Balaban J connectivity index is 0.000000152. The van der Waals surface area contributed by atoms with Gasteiger partial charge in [0.1, 0.15) is 6.67 Å². The monoisotopic (exact) mass is 917 g/mol. The number of hydrogen-bond acceptors (Lipinski definition) is 9. The first kappa shape index (κ1) is 46.5. The number of carbonyl (C=O) groups excluding carboxylic acids is 3. The number of nitro benzene ring substituents is 3. The van der Waals surface area contributed by atoms with E-state index in [1.54, 1.807) is 115 Å². The van der Waals surface area contributed by atoms with Crippen LogP contribution in [0.4, 0.5) is 21.5 Å². The third-order valence-electron chi connectivity index (χ3n) is 10.7. The van der Waals surface area contributed by atoms with Crippen LogP contribution in [-0.4, -0.2) is 77.9 Å². The lowest BCUT2D eigenvalue weighted by Crippen LogP contribution is -2.28. The molecule has 0 saturated carbocycles. The van der Waals surface area contributed by atoms with Gasteiger partial charge in [0.05, 0.1) is 31.5 Å². The fourth-order valence-corrected chi connectivity index (χ4v) is 7.20. The lowest BCUT2D eigenvalue weighted by Gasteiger charge is -2.15. The molecule has 0 radical (unpaired) electrons. The summed E-state index contributed by atoms with van der Waals surface area (Å²) in [5.41, 5.74) is 14.2. The Morgan fingerprint density at radius 1 is 0.544 bits per heavy atom. The molecule has 6 aromatic heterocycles. The molecule has 342 valence electrons. The van der Waals surface area contributed by atoms with Crippen molar-refractivity contribution < 1.29 is 33.5 Å². The van der Waals surface area contributed by atoms with Gasteiger partial charge in [0.15, 0.2) is 0 Å². The summed E-state index contributed by atoms with van der Waals surface area (Å²) in [6, 6.07) is 35.5. The Bertz CT molecular complexity index is 3410. The molecule has 9 aromatic rings. The van der Waals surface area contributed by atoms with Crippen molar-refractivity contribution in [3.05, 3.63) is 212 Å². The van der Waals surface area contributed by atoms with E-state index in [9.17, 15) is 49.1 Å². The fourth-order valence-electron chi connectivity index (χ4n) is 7.20. The second-order valence-corrected chi connectivity index (χ2v) is 15.2. The number of nitro groups is 3. The van der Waals surface area contributed by atoms with Crippen molar-refractivity contribution in [2.45, 2.75) is 0 Å². The quantitative estimate of drug-likeness (QED) is 0.0928. The maximum absolute atomic E-state index is 12.4. The number of amides is 3. The normalized spacial score (nSPS) is 10.7. The summed E-state index contributed by atoms with van der Waals surface area (Å²) in [7, 11) is 3.13. The van der Waals surface area contributed by atoms with E-state index in [0.29, 0.717) is 16.7 Å². The van der Waals surface area contributed by atoms with Crippen molar-refractivity contribution in [3.8, 4) is 33.4 Å². The maximum atomic E-state index is 12.4. The summed E-state index contributed by atoms with van der Waals surface area (Å²) in [6.45, 7) is -0.549. The topological polar surface area (TPSA) is 235 Å². The molecule has 3 aromatic carbocycles. The predicted molar refractivity (Wildman–Crippen MR) is 253 cm³/mol. The maximum Gasteiger partial charge on any atom is 0.270 e. The number of pyridine rings is 3. The van der Waals surface area contributed by atoms with Crippen LogP contribution in [0.25, 0.3) is 49.9 Å². The van der Waals surface area contributed by atoms with E-state index in [-0.39, 0.29) is 35.4 Å². The molecule has 0 aliphatic rings. The highest BCUT2D eigenvalue weighted by atomic mass is 19.1. The van der Waals surface area contributed by atoms with Crippen molar-refractivity contribution in [1.29, 1.82) is 0 Å². The number of hydrogen-bond donors (Lipinski definition) is 2. The molecular weight excluding hydrogens is 878 g/mol. The number of non-ortho nitro benzene ring substituents is 3. The summed E-state index contributed by atoms with van der Waals surface area (Å²) in [4.78, 5) is 67.7. The lowest BCUT2D eigenvalue weighted by atomic mass is 10.1. The highest BCUT2D eigenvalue weighted by Crippen LogP contribution is 2.29. The van der Waals surface area contributed by atoms with Crippen molar-refractivity contribution in [2.75, 3.05) is 27.3 Å². The van der Waals surface area contributed by atoms with Crippen LogP contribution in [-0.2, 0) is 0 Å². The van der Waals surface area contributed by atoms with E-state index in [4.69, 9.17) is 5.73 Å². The SMILES string of the molecule is CN(CCF)C(=O)c1ccc2cc(-c3cccc([N+](=O)[O-])c3)cn2c1.CNC(=O)c1ccc2cc(-c3cccc([N+](=O)[O-])c3)cn2c1.NC(=O)c1ccc2cc(-c3cccc([N+](=O)[O-])c3)cn2c1. The van der Waals surface area contributed by atoms with Crippen LogP contribution >= 0.6 is 0 Å². The molecule has 9 rings (SSSR count). The van der Waals surface area contributed by atoms with E-state index in [1.165, 1.54) is 41.3 Å². The molecule has 0 saturated heterocycles. The molecule has 6 heterocycles. The Morgan fingerprint density at radius 2 is 0.912 bits per heavy atom. The first-order valence-electron chi connectivity index (χ1n) is 20.6. The molecule has 68 heavy (non-hydrogen) atoms. The van der Waals surface area contributed by atoms with Gasteiger partial charge in [0.2, 0.25) is 5.91 Å². The average molecular weight is 918 g/mol. The number of benzene rings is 3. The zero-order chi connectivity index (χ0) is 48.6. The summed E-state index contributed by atoms with van der Waals surface area (Å²) in [6.07, 6.45) is 10.5. The molecule has 3 amide bonds. The van der Waals surface area contributed by atoms with E-state index in [1.807, 2.05) is 40.9 Å². The number of halogens is 1. The summed E-state index contributed by atoms with van der Waals surface area (Å²) < 4.78 is 17.8. The number of nitrogens with one attached hydrogen (secondary N) is 1. The van der Waals surface area contributed by atoms with Gasteiger partial charge in [-0.25, -0.2) is 4.39 Å². The fraction of sp³-hybridized carbons (Fsp3) is 0.0816. The third-order valence-corrected chi connectivity index (χ3v) is 10.7. The molecule has 0 atom stereocenters. The lowest BCUT2D eigenvalue weighted by molar-refractivity contribution is -0.385. The predicted octanol–water partition coefficient (Wildman–Crippen LogP) is 9.04. The van der Waals surface area contributed by atoms with Crippen LogP contribution in [0, 0.1) is 30.3 Å². The second kappa shape index (κ2) is 20.1. The van der Waals surface area contributed by atoms with Crippen molar-refractivity contribution in [3.63, 3.8) is 0 Å².